The Bertz CT molecular complexity index is 438. The first-order valence-corrected chi connectivity index (χ1v) is 3.29. The molecule has 1 amide bonds. The highest BCUT2D eigenvalue weighted by Crippen LogP contribution is 2.09. The van der Waals surface area contributed by atoms with Crippen molar-refractivity contribution in [1.29, 1.82) is 10.5 Å². The van der Waals surface area contributed by atoms with E-state index in [1.807, 2.05) is 0 Å². The Morgan fingerprint density at radius 3 is 2.62 bits per heavy atom. The Kier molecular flexibility index (Phi) is 2.23. The summed E-state index contributed by atoms with van der Waals surface area (Å²) in [5.41, 5.74) is 4.85. The molecule has 0 aliphatic rings. The zero-order chi connectivity index (χ0) is 9.84. The molecule has 0 fully saturated rings. The van der Waals surface area contributed by atoms with Crippen LogP contribution in [0.15, 0.2) is 12.3 Å². The number of carbonyl (C=O) groups is 1. The van der Waals surface area contributed by atoms with Crippen molar-refractivity contribution < 1.29 is 4.79 Å². The van der Waals surface area contributed by atoms with Crippen molar-refractivity contribution >= 4 is 5.91 Å². The number of pyridine rings is 1. The molecule has 13 heavy (non-hydrogen) atoms. The molecule has 0 aliphatic carbocycles. The van der Waals surface area contributed by atoms with E-state index in [9.17, 15) is 4.79 Å². The first-order chi connectivity index (χ1) is 6.20. The van der Waals surface area contributed by atoms with Crippen LogP contribution in [0.1, 0.15) is 21.6 Å². The Labute approximate surface area is 74.0 Å². The van der Waals surface area contributed by atoms with Gasteiger partial charge in [0.15, 0.2) is 5.69 Å². The molecule has 0 aromatic carbocycles. The quantitative estimate of drug-likeness (QED) is 0.639. The molecule has 1 rings (SSSR count). The minimum atomic E-state index is -0.740. The predicted octanol–water partition coefficient (Wildman–Crippen LogP) is -0.0761. The molecule has 1 aromatic rings. The van der Waals surface area contributed by atoms with Crippen molar-refractivity contribution in [2.45, 2.75) is 0 Å². The van der Waals surface area contributed by atoms with Gasteiger partial charge in [-0.3, -0.25) is 4.79 Å². The Morgan fingerprint density at radius 1 is 1.46 bits per heavy atom. The summed E-state index contributed by atoms with van der Waals surface area (Å²) in [6, 6.07) is 4.72. The molecular formula is C8H4N4O. The number of hydrogen-bond donors (Lipinski definition) is 1. The molecule has 0 bridgehead atoms. The number of aromatic nitrogens is 1. The summed E-state index contributed by atoms with van der Waals surface area (Å²) in [5.74, 6) is -0.740. The lowest BCUT2D eigenvalue weighted by Gasteiger charge is -1.98. The van der Waals surface area contributed by atoms with E-state index in [1.165, 1.54) is 12.3 Å². The molecular weight excluding hydrogens is 168 g/mol. The van der Waals surface area contributed by atoms with Gasteiger partial charge in [-0.15, -0.1) is 0 Å². The smallest absolute Gasteiger partial charge is 0.250 e. The number of carbonyl (C=O) groups excluding carboxylic acids is 1. The second-order valence-electron chi connectivity index (χ2n) is 2.17. The third-order valence-corrected chi connectivity index (χ3v) is 1.43. The number of hydrogen-bond acceptors (Lipinski definition) is 4. The van der Waals surface area contributed by atoms with E-state index >= 15 is 0 Å². The minimum absolute atomic E-state index is 0.0223. The monoisotopic (exact) mass is 172 g/mol. The van der Waals surface area contributed by atoms with Gasteiger partial charge in [-0.2, -0.15) is 10.5 Å². The van der Waals surface area contributed by atoms with Crippen LogP contribution in [-0.4, -0.2) is 10.9 Å². The lowest BCUT2D eigenvalue weighted by molar-refractivity contribution is 0.1000. The molecule has 0 saturated heterocycles. The molecule has 1 heterocycles. The van der Waals surface area contributed by atoms with Crippen LogP contribution in [-0.2, 0) is 0 Å². The average Bonchev–Trinajstić information content (AvgIpc) is 2.16. The van der Waals surface area contributed by atoms with Gasteiger partial charge < -0.3 is 5.73 Å². The maximum Gasteiger partial charge on any atom is 0.250 e. The number of nitriles is 2. The van der Waals surface area contributed by atoms with E-state index in [4.69, 9.17) is 16.3 Å². The van der Waals surface area contributed by atoms with E-state index in [1.54, 1.807) is 12.1 Å². The summed E-state index contributed by atoms with van der Waals surface area (Å²) >= 11 is 0. The summed E-state index contributed by atoms with van der Waals surface area (Å²) in [6.45, 7) is 0. The van der Waals surface area contributed by atoms with Gasteiger partial charge in [0.25, 0.3) is 0 Å². The lowest BCUT2D eigenvalue weighted by Crippen LogP contribution is -2.14. The summed E-state index contributed by atoms with van der Waals surface area (Å²) in [4.78, 5) is 14.4. The Hall–Kier alpha value is -2.40. The maximum atomic E-state index is 10.8. The normalized spacial score (nSPS) is 8.46. The van der Waals surface area contributed by atoms with Gasteiger partial charge in [-0.25, -0.2) is 4.98 Å². The Morgan fingerprint density at radius 2 is 2.15 bits per heavy atom. The van der Waals surface area contributed by atoms with Gasteiger partial charge in [0, 0.05) is 6.20 Å². The van der Waals surface area contributed by atoms with E-state index in [-0.39, 0.29) is 16.8 Å². The second-order valence-corrected chi connectivity index (χ2v) is 2.17. The maximum absolute atomic E-state index is 10.8. The van der Waals surface area contributed by atoms with Crippen LogP contribution in [0.2, 0.25) is 0 Å². The van der Waals surface area contributed by atoms with Crippen LogP contribution < -0.4 is 5.73 Å². The van der Waals surface area contributed by atoms with Crippen molar-refractivity contribution in [2.24, 2.45) is 5.73 Å². The SMILES string of the molecule is N#Cc1nccc(C(N)=O)c1C#N. The molecule has 0 spiro atoms. The van der Waals surface area contributed by atoms with Gasteiger partial charge in [0.2, 0.25) is 5.91 Å². The van der Waals surface area contributed by atoms with Gasteiger partial charge >= 0.3 is 0 Å². The first-order valence-electron chi connectivity index (χ1n) is 3.29. The standard InChI is InChI=1S/C8H4N4O/c9-3-6-5(8(11)13)1-2-12-7(6)4-10/h1-2H,(H2,11,13). The van der Waals surface area contributed by atoms with Crippen LogP contribution in [0.3, 0.4) is 0 Å². The molecule has 62 valence electrons. The third-order valence-electron chi connectivity index (χ3n) is 1.43. The largest absolute Gasteiger partial charge is 0.366 e. The van der Waals surface area contributed by atoms with Crippen molar-refractivity contribution in [2.75, 3.05) is 0 Å². The van der Waals surface area contributed by atoms with Gasteiger partial charge in [-0.1, -0.05) is 0 Å². The predicted molar refractivity (Wildman–Crippen MR) is 42.2 cm³/mol. The van der Waals surface area contributed by atoms with Crippen LogP contribution in [0.5, 0.6) is 0 Å². The molecule has 0 atom stereocenters. The highest BCUT2D eigenvalue weighted by atomic mass is 16.1. The molecule has 0 aliphatic heterocycles. The van der Waals surface area contributed by atoms with E-state index in [2.05, 4.69) is 4.98 Å². The second kappa shape index (κ2) is 3.33. The van der Waals surface area contributed by atoms with Gasteiger partial charge in [0.05, 0.1) is 5.56 Å². The average molecular weight is 172 g/mol. The number of amides is 1. The van der Waals surface area contributed by atoms with E-state index < -0.39 is 5.91 Å². The fourth-order valence-electron chi connectivity index (χ4n) is 0.865. The van der Waals surface area contributed by atoms with Crippen molar-refractivity contribution in [3.63, 3.8) is 0 Å². The zero-order valence-electron chi connectivity index (χ0n) is 6.48. The highest BCUT2D eigenvalue weighted by molar-refractivity contribution is 5.95. The fraction of sp³-hybridized carbons (Fsp3) is 0. The number of primary amides is 1. The van der Waals surface area contributed by atoms with E-state index in [0.29, 0.717) is 0 Å². The van der Waals surface area contributed by atoms with E-state index in [0.717, 1.165) is 0 Å². The molecule has 5 nitrogen and oxygen atoms in total. The van der Waals surface area contributed by atoms with Crippen LogP contribution in [0.4, 0.5) is 0 Å². The van der Waals surface area contributed by atoms with Crippen LogP contribution >= 0.6 is 0 Å². The third kappa shape index (κ3) is 1.44. The topological polar surface area (TPSA) is 104 Å². The van der Waals surface area contributed by atoms with Crippen molar-refractivity contribution in [1.82, 2.24) is 4.98 Å². The molecule has 0 saturated carbocycles. The lowest BCUT2D eigenvalue weighted by atomic mass is 10.1. The molecule has 2 N–H and O–H groups in total. The summed E-state index contributed by atoms with van der Waals surface area (Å²) in [7, 11) is 0. The zero-order valence-corrected chi connectivity index (χ0v) is 6.48. The summed E-state index contributed by atoms with van der Waals surface area (Å²) in [5, 5.41) is 17.2. The van der Waals surface area contributed by atoms with Crippen molar-refractivity contribution in [3.8, 4) is 12.1 Å². The number of nitrogens with two attached hydrogens (primary N) is 1. The van der Waals surface area contributed by atoms with Gasteiger partial charge in [-0.05, 0) is 6.07 Å². The Balaban J connectivity index is 3.49. The van der Waals surface area contributed by atoms with Crippen LogP contribution in [0.25, 0.3) is 0 Å². The minimum Gasteiger partial charge on any atom is -0.366 e. The van der Waals surface area contributed by atoms with Gasteiger partial charge in [0.1, 0.15) is 17.7 Å². The summed E-state index contributed by atoms with van der Waals surface area (Å²) in [6.07, 6.45) is 1.26. The number of rotatable bonds is 1. The first kappa shape index (κ1) is 8.69. The molecule has 5 heteroatoms. The summed E-state index contributed by atoms with van der Waals surface area (Å²) < 4.78 is 0. The molecule has 0 radical (unpaired) electrons. The van der Waals surface area contributed by atoms with Crippen molar-refractivity contribution in [3.05, 3.63) is 29.1 Å². The number of nitrogens with zero attached hydrogens (tertiary/aromatic N) is 3. The molecule has 1 aromatic heterocycles. The van der Waals surface area contributed by atoms with Crippen LogP contribution in [0, 0.1) is 22.7 Å². The fourth-order valence-corrected chi connectivity index (χ4v) is 0.865. The molecule has 0 unspecified atom stereocenters. The highest BCUT2D eigenvalue weighted by Gasteiger charge is 2.12.